The van der Waals surface area contributed by atoms with E-state index in [1.54, 1.807) is 0 Å². The molecule has 0 aliphatic carbocycles. The Bertz CT molecular complexity index is 346. The molecule has 0 heterocycles. The fourth-order valence-electron chi connectivity index (χ4n) is 2.84. The second-order valence-corrected chi connectivity index (χ2v) is 7.15. The second-order valence-electron chi connectivity index (χ2n) is 7.15. The number of unbranched alkanes of at least 4 members (excludes halogenated alkanes) is 9. The summed E-state index contributed by atoms with van der Waals surface area (Å²) in [4.78, 5) is 11.2. The summed E-state index contributed by atoms with van der Waals surface area (Å²) < 4.78 is 0. The summed E-state index contributed by atoms with van der Waals surface area (Å²) >= 11 is 0. The van der Waals surface area contributed by atoms with E-state index in [0.29, 0.717) is 12.2 Å². The Labute approximate surface area is 157 Å². The zero-order valence-electron chi connectivity index (χ0n) is 17.1. The highest BCUT2D eigenvalue weighted by Gasteiger charge is 1.98. The average Bonchev–Trinajstić information content (AvgIpc) is 2.62. The van der Waals surface area contributed by atoms with E-state index in [1.165, 1.54) is 63.5 Å². The Kier molecular flexibility index (Phi) is 18.5. The number of nitrogens with one attached hydrogen (secondary N) is 1. The molecule has 2 heteroatoms. The summed E-state index contributed by atoms with van der Waals surface area (Å²) in [7, 11) is 0. The Morgan fingerprint density at radius 2 is 1.40 bits per heavy atom. The smallest absolute Gasteiger partial charge is 0.132 e. The Balaban J connectivity index is 3.25. The fraction of sp³-hybridized carbons (Fsp3) is 0.783. The molecule has 0 atom stereocenters. The predicted molar refractivity (Wildman–Crippen MR) is 112 cm³/mol. The van der Waals surface area contributed by atoms with E-state index in [2.05, 4.69) is 31.0 Å². The van der Waals surface area contributed by atoms with Crippen molar-refractivity contribution in [1.29, 1.82) is 0 Å². The molecule has 0 aliphatic heterocycles. The fourth-order valence-corrected chi connectivity index (χ4v) is 2.84. The molecular weight excluding hydrogens is 306 g/mol. The highest BCUT2D eigenvalue weighted by molar-refractivity contribution is 5.77. The van der Waals surface area contributed by atoms with Crippen LogP contribution in [0.15, 0.2) is 24.4 Å². The number of carbonyl (C=O) groups is 1. The standard InChI is InChI=1S/C23H43NO/c1-4-6-7-8-9-10-11-12-13-14-16-19-22(3)24-21-18-15-17-20-23(25)5-2/h8-9,24H,3-7,10-21H2,1-2H3/b9-8-. The molecule has 0 fully saturated rings. The van der Waals surface area contributed by atoms with Crippen molar-refractivity contribution in [3.05, 3.63) is 24.4 Å². The first-order valence-corrected chi connectivity index (χ1v) is 10.8. The number of rotatable bonds is 19. The maximum Gasteiger partial charge on any atom is 0.132 e. The summed E-state index contributed by atoms with van der Waals surface area (Å²) in [5.41, 5.74) is 1.18. The molecule has 0 saturated carbocycles. The second kappa shape index (κ2) is 19.3. The van der Waals surface area contributed by atoms with Crippen LogP contribution >= 0.6 is 0 Å². The number of carbonyl (C=O) groups excluding carboxylic acids is 1. The van der Waals surface area contributed by atoms with E-state index in [-0.39, 0.29) is 0 Å². The molecule has 0 unspecified atom stereocenters. The Morgan fingerprint density at radius 1 is 0.800 bits per heavy atom. The first kappa shape index (κ1) is 23.9. The van der Waals surface area contributed by atoms with Gasteiger partial charge in [-0.2, -0.15) is 0 Å². The van der Waals surface area contributed by atoms with Crippen LogP contribution in [0.25, 0.3) is 0 Å². The van der Waals surface area contributed by atoms with Gasteiger partial charge in [-0.1, -0.05) is 71.1 Å². The number of Topliss-reactive ketones (excluding diaryl/α,β-unsaturated/α-hetero) is 1. The maximum atomic E-state index is 11.2. The topological polar surface area (TPSA) is 29.1 Å². The lowest BCUT2D eigenvalue weighted by Crippen LogP contribution is -2.13. The molecule has 146 valence electrons. The van der Waals surface area contributed by atoms with E-state index in [1.807, 2.05) is 6.92 Å². The van der Waals surface area contributed by atoms with Crippen molar-refractivity contribution >= 4 is 5.78 Å². The van der Waals surface area contributed by atoms with Gasteiger partial charge in [0.05, 0.1) is 0 Å². The molecule has 25 heavy (non-hydrogen) atoms. The third-order valence-corrected chi connectivity index (χ3v) is 4.64. The highest BCUT2D eigenvalue weighted by atomic mass is 16.1. The van der Waals surface area contributed by atoms with Crippen LogP contribution in [0.3, 0.4) is 0 Å². The molecule has 2 nitrogen and oxygen atoms in total. The molecule has 0 bridgehead atoms. The Morgan fingerprint density at radius 3 is 2.12 bits per heavy atom. The third kappa shape index (κ3) is 19.1. The number of allylic oxidation sites excluding steroid dienone is 3. The van der Waals surface area contributed by atoms with Crippen molar-refractivity contribution in [3.63, 3.8) is 0 Å². The summed E-state index contributed by atoms with van der Waals surface area (Å²) in [6.45, 7) is 9.32. The minimum Gasteiger partial charge on any atom is -0.389 e. The van der Waals surface area contributed by atoms with Crippen molar-refractivity contribution in [2.45, 2.75) is 110 Å². The molecule has 1 N–H and O–H groups in total. The zero-order valence-corrected chi connectivity index (χ0v) is 17.1. The van der Waals surface area contributed by atoms with Crippen LogP contribution in [-0.2, 0) is 4.79 Å². The van der Waals surface area contributed by atoms with Gasteiger partial charge in [0, 0.05) is 25.1 Å². The van der Waals surface area contributed by atoms with Crippen molar-refractivity contribution < 1.29 is 4.79 Å². The van der Waals surface area contributed by atoms with E-state index < -0.39 is 0 Å². The molecule has 0 saturated heterocycles. The van der Waals surface area contributed by atoms with Gasteiger partial charge in [-0.3, -0.25) is 4.79 Å². The van der Waals surface area contributed by atoms with E-state index >= 15 is 0 Å². The van der Waals surface area contributed by atoms with Crippen molar-refractivity contribution in [2.24, 2.45) is 0 Å². The number of ketones is 1. The van der Waals surface area contributed by atoms with Crippen molar-refractivity contribution in [3.8, 4) is 0 Å². The zero-order chi connectivity index (χ0) is 18.6. The largest absolute Gasteiger partial charge is 0.389 e. The summed E-state index contributed by atoms with van der Waals surface area (Å²) in [5, 5.41) is 3.43. The van der Waals surface area contributed by atoms with Crippen LogP contribution in [0, 0.1) is 0 Å². The lowest BCUT2D eigenvalue weighted by Gasteiger charge is -2.09. The van der Waals surface area contributed by atoms with Gasteiger partial charge in [0.2, 0.25) is 0 Å². The third-order valence-electron chi connectivity index (χ3n) is 4.64. The lowest BCUT2D eigenvalue weighted by atomic mass is 10.1. The van der Waals surface area contributed by atoms with E-state index in [4.69, 9.17) is 0 Å². The summed E-state index contributed by atoms with van der Waals surface area (Å²) in [6, 6.07) is 0. The van der Waals surface area contributed by atoms with Gasteiger partial charge in [0.25, 0.3) is 0 Å². The lowest BCUT2D eigenvalue weighted by molar-refractivity contribution is -0.118. The first-order valence-electron chi connectivity index (χ1n) is 10.8. The normalized spacial score (nSPS) is 11.1. The molecule has 0 aromatic heterocycles. The predicted octanol–water partition coefficient (Wildman–Crippen LogP) is 7.11. The quantitative estimate of drug-likeness (QED) is 0.199. The van der Waals surface area contributed by atoms with Gasteiger partial charge in [0.1, 0.15) is 5.78 Å². The van der Waals surface area contributed by atoms with Gasteiger partial charge >= 0.3 is 0 Å². The van der Waals surface area contributed by atoms with Crippen molar-refractivity contribution in [2.75, 3.05) is 6.54 Å². The van der Waals surface area contributed by atoms with Crippen LogP contribution in [0.4, 0.5) is 0 Å². The minimum atomic E-state index is 0.393. The molecule has 0 aromatic rings. The molecule has 0 radical (unpaired) electrons. The summed E-state index contributed by atoms with van der Waals surface area (Å²) in [6.07, 6.45) is 22.3. The minimum absolute atomic E-state index is 0.393. The van der Waals surface area contributed by atoms with E-state index in [9.17, 15) is 4.79 Å². The van der Waals surface area contributed by atoms with Gasteiger partial charge in [0.15, 0.2) is 0 Å². The van der Waals surface area contributed by atoms with Crippen LogP contribution in [-0.4, -0.2) is 12.3 Å². The molecule has 0 amide bonds. The molecular formula is C23H43NO. The Hall–Kier alpha value is -1.05. The molecule has 0 spiro atoms. The van der Waals surface area contributed by atoms with Crippen LogP contribution in [0.5, 0.6) is 0 Å². The number of hydrogen-bond acceptors (Lipinski definition) is 2. The molecule has 0 aromatic carbocycles. The van der Waals surface area contributed by atoms with Crippen molar-refractivity contribution in [1.82, 2.24) is 5.32 Å². The highest BCUT2D eigenvalue weighted by Crippen LogP contribution is 2.10. The van der Waals surface area contributed by atoms with Crippen LogP contribution in [0.1, 0.15) is 110 Å². The summed E-state index contributed by atoms with van der Waals surface area (Å²) in [5.74, 6) is 0.393. The van der Waals surface area contributed by atoms with Gasteiger partial charge in [-0.15, -0.1) is 0 Å². The molecule has 0 aliphatic rings. The van der Waals surface area contributed by atoms with E-state index in [0.717, 1.165) is 38.6 Å². The SMILES string of the molecule is C=C(CCCCCCC/C=C\CCCC)NCCCCCC(=O)CC. The maximum absolute atomic E-state index is 11.2. The monoisotopic (exact) mass is 349 g/mol. The van der Waals surface area contributed by atoms with Gasteiger partial charge in [-0.05, 0) is 44.9 Å². The van der Waals surface area contributed by atoms with Crippen LogP contribution < -0.4 is 5.32 Å². The average molecular weight is 350 g/mol. The molecule has 0 rings (SSSR count). The number of hydrogen-bond donors (Lipinski definition) is 1. The van der Waals surface area contributed by atoms with Crippen LogP contribution in [0.2, 0.25) is 0 Å². The van der Waals surface area contributed by atoms with Gasteiger partial charge < -0.3 is 5.32 Å². The van der Waals surface area contributed by atoms with Gasteiger partial charge in [-0.25, -0.2) is 0 Å². The first-order chi connectivity index (χ1) is 12.2.